The molecule has 1 heterocycles. The molecule has 0 saturated carbocycles. The minimum atomic E-state index is 0.675. The van der Waals surface area contributed by atoms with Crippen molar-refractivity contribution in [1.82, 2.24) is 30.4 Å². The average Bonchev–Trinajstić information content (AvgIpc) is 2.88. The predicted octanol–water partition coefficient (Wildman–Crippen LogP) is 0.491. The maximum atomic E-state index is 4.36. The molecule has 6 nitrogen and oxygen atoms in total. The van der Waals surface area contributed by atoms with E-state index >= 15 is 0 Å². The zero-order valence-corrected chi connectivity index (χ0v) is 11.5. The molecule has 0 saturated heterocycles. The predicted molar refractivity (Wildman–Crippen MR) is 74.7 cm³/mol. The highest BCUT2D eigenvalue weighted by atomic mass is 15.6. The summed E-state index contributed by atoms with van der Waals surface area (Å²) in [5.74, 6) is 0.675. The van der Waals surface area contributed by atoms with Gasteiger partial charge in [0.1, 0.15) is 0 Å². The summed E-state index contributed by atoms with van der Waals surface area (Å²) in [5.41, 5.74) is 0.995. The van der Waals surface area contributed by atoms with Crippen LogP contribution < -0.4 is 5.32 Å². The van der Waals surface area contributed by atoms with Crippen LogP contribution in [0.2, 0.25) is 0 Å². The van der Waals surface area contributed by atoms with Crippen LogP contribution in [0.5, 0.6) is 0 Å². The van der Waals surface area contributed by atoms with Gasteiger partial charge in [0.2, 0.25) is 5.82 Å². The van der Waals surface area contributed by atoms with Crippen molar-refractivity contribution in [2.75, 3.05) is 33.7 Å². The van der Waals surface area contributed by atoms with Gasteiger partial charge in [0.25, 0.3) is 0 Å². The second kappa shape index (κ2) is 6.96. The first kappa shape index (κ1) is 13.6. The van der Waals surface area contributed by atoms with Crippen LogP contribution in [-0.2, 0) is 6.54 Å². The second-order valence-corrected chi connectivity index (χ2v) is 4.63. The summed E-state index contributed by atoms with van der Waals surface area (Å²) < 4.78 is 0. The fourth-order valence-corrected chi connectivity index (χ4v) is 1.65. The van der Waals surface area contributed by atoms with Crippen molar-refractivity contribution < 1.29 is 0 Å². The molecule has 1 aromatic carbocycles. The summed E-state index contributed by atoms with van der Waals surface area (Å²) in [4.78, 5) is 3.78. The molecule has 2 aromatic rings. The second-order valence-electron chi connectivity index (χ2n) is 4.63. The molecule has 0 fully saturated rings. The van der Waals surface area contributed by atoms with E-state index in [9.17, 15) is 0 Å². The third-order valence-corrected chi connectivity index (χ3v) is 2.71. The first-order valence-corrected chi connectivity index (χ1v) is 6.44. The summed E-state index contributed by atoms with van der Waals surface area (Å²) in [6, 6.07) is 9.88. The highest BCUT2D eigenvalue weighted by Gasteiger charge is 2.04. The molecule has 1 N–H and O–H groups in total. The summed E-state index contributed by atoms with van der Waals surface area (Å²) in [6.45, 7) is 3.57. The van der Waals surface area contributed by atoms with Gasteiger partial charge >= 0.3 is 0 Å². The van der Waals surface area contributed by atoms with Crippen LogP contribution in [0.25, 0.3) is 11.4 Å². The molecular weight excluding hydrogens is 240 g/mol. The topological polar surface area (TPSA) is 58.9 Å². The highest BCUT2D eigenvalue weighted by molar-refractivity contribution is 5.52. The van der Waals surface area contributed by atoms with E-state index in [1.54, 1.807) is 4.80 Å². The van der Waals surface area contributed by atoms with Gasteiger partial charge in [0.15, 0.2) is 0 Å². The van der Waals surface area contributed by atoms with Crippen molar-refractivity contribution in [1.29, 1.82) is 0 Å². The van der Waals surface area contributed by atoms with Crippen LogP contribution in [0.3, 0.4) is 0 Å². The van der Waals surface area contributed by atoms with Gasteiger partial charge in [-0.1, -0.05) is 30.3 Å². The summed E-state index contributed by atoms with van der Waals surface area (Å²) in [7, 11) is 4.12. The Kier molecular flexibility index (Phi) is 5.00. The number of hydrogen-bond donors (Lipinski definition) is 1. The zero-order valence-electron chi connectivity index (χ0n) is 11.5. The monoisotopic (exact) mass is 260 g/mol. The minimum Gasteiger partial charge on any atom is -0.314 e. The molecule has 0 bridgehead atoms. The number of nitrogens with zero attached hydrogens (tertiary/aromatic N) is 5. The maximum absolute atomic E-state index is 4.36. The number of tetrazole rings is 1. The quantitative estimate of drug-likeness (QED) is 0.734. The Hall–Kier alpha value is -1.79. The lowest BCUT2D eigenvalue weighted by Gasteiger charge is -2.09. The van der Waals surface area contributed by atoms with Crippen molar-refractivity contribution in [3.63, 3.8) is 0 Å². The van der Waals surface area contributed by atoms with Gasteiger partial charge in [0, 0.05) is 25.2 Å². The van der Waals surface area contributed by atoms with E-state index in [-0.39, 0.29) is 0 Å². The number of benzene rings is 1. The van der Waals surface area contributed by atoms with Gasteiger partial charge in [0.05, 0.1) is 6.54 Å². The lowest BCUT2D eigenvalue weighted by atomic mass is 10.2. The molecular formula is C13H20N6. The standard InChI is InChI=1S/C13H20N6/c1-18(2)10-8-14-9-11-19-16-13(15-17-19)12-6-4-3-5-7-12/h3-7,14H,8-11H2,1-2H3. The molecule has 0 unspecified atom stereocenters. The number of nitrogens with one attached hydrogen (secondary N) is 1. The molecule has 2 rings (SSSR count). The molecule has 6 heteroatoms. The van der Waals surface area contributed by atoms with Gasteiger partial charge in [-0.05, 0) is 19.3 Å². The van der Waals surface area contributed by atoms with Crippen molar-refractivity contribution in [2.45, 2.75) is 6.54 Å². The van der Waals surface area contributed by atoms with Crippen molar-refractivity contribution in [3.05, 3.63) is 30.3 Å². The smallest absolute Gasteiger partial charge is 0.204 e. The fourth-order valence-electron chi connectivity index (χ4n) is 1.65. The van der Waals surface area contributed by atoms with Crippen molar-refractivity contribution in [2.24, 2.45) is 0 Å². The molecule has 19 heavy (non-hydrogen) atoms. The largest absolute Gasteiger partial charge is 0.314 e. The van der Waals surface area contributed by atoms with Gasteiger partial charge in [-0.25, -0.2) is 0 Å². The van der Waals surface area contributed by atoms with Crippen LogP contribution >= 0.6 is 0 Å². The van der Waals surface area contributed by atoms with E-state index in [4.69, 9.17) is 0 Å². The third-order valence-electron chi connectivity index (χ3n) is 2.71. The Balaban J connectivity index is 1.78. The van der Waals surface area contributed by atoms with E-state index in [0.717, 1.165) is 31.7 Å². The molecule has 0 amide bonds. The molecule has 0 spiro atoms. The van der Waals surface area contributed by atoms with Gasteiger partial charge in [-0.2, -0.15) is 4.80 Å². The molecule has 0 aliphatic carbocycles. The van der Waals surface area contributed by atoms with E-state index < -0.39 is 0 Å². The molecule has 0 radical (unpaired) electrons. The van der Waals surface area contributed by atoms with Crippen LogP contribution in [0.1, 0.15) is 0 Å². The first-order valence-electron chi connectivity index (χ1n) is 6.44. The Morgan fingerprint density at radius 3 is 2.68 bits per heavy atom. The Bertz CT molecular complexity index is 479. The molecule has 0 atom stereocenters. The molecule has 1 aromatic heterocycles. The van der Waals surface area contributed by atoms with Crippen LogP contribution in [0, 0.1) is 0 Å². The van der Waals surface area contributed by atoms with Crippen LogP contribution in [0.15, 0.2) is 30.3 Å². The van der Waals surface area contributed by atoms with E-state index in [2.05, 4.69) is 39.7 Å². The number of aromatic nitrogens is 4. The number of rotatable bonds is 7. The molecule has 0 aliphatic rings. The van der Waals surface area contributed by atoms with E-state index in [0.29, 0.717) is 5.82 Å². The SMILES string of the molecule is CN(C)CCNCCn1nnc(-c2ccccc2)n1. The van der Waals surface area contributed by atoms with Gasteiger partial charge < -0.3 is 10.2 Å². The Labute approximate surface area is 113 Å². The number of hydrogen-bond acceptors (Lipinski definition) is 5. The molecule has 0 aliphatic heterocycles. The van der Waals surface area contributed by atoms with Gasteiger partial charge in [-0.15, -0.1) is 10.2 Å². The van der Waals surface area contributed by atoms with Crippen LogP contribution in [0.4, 0.5) is 0 Å². The first-order chi connectivity index (χ1) is 9.25. The normalized spacial score (nSPS) is 11.1. The van der Waals surface area contributed by atoms with E-state index in [1.807, 2.05) is 30.3 Å². The zero-order chi connectivity index (χ0) is 13.5. The number of likely N-dealkylation sites (N-methyl/N-ethyl adjacent to an activating group) is 1. The minimum absolute atomic E-state index is 0.675. The summed E-state index contributed by atoms with van der Waals surface area (Å²) in [6.07, 6.45) is 0. The third kappa shape index (κ3) is 4.42. The lowest BCUT2D eigenvalue weighted by Crippen LogP contribution is -2.29. The summed E-state index contributed by atoms with van der Waals surface area (Å²) >= 11 is 0. The lowest BCUT2D eigenvalue weighted by molar-refractivity contribution is 0.392. The Morgan fingerprint density at radius 1 is 1.16 bits per heavy atom. The average molecular weight is 260 g/mol. The highest BCUT2D eigenvalue weighted by Crippen LogP contribution is 2.11. The maximum Gasteiger partial charge on any atom is 0.204 e. The van der Waals surface area contributed by atoms with Crippen molar-refractivity contribution in [3.8, 4) is 11.4 Å². The van der Waals surface area contributed by atoms with E-state index in [1.165, 1.54) is 0 Å². The summed E-state index contributed by atoms with van der Waals surface area (Å²) in [5, 5.41) is 15.8. The van der Waals surface area contributed by atoms with Crippen LogP contribution in [-0.4, -0.2) is 58.8 Å². The van der Waals surface area contributed by atoms with Gasteiger partial charge in [-0.3, -0.25) is 0 Å². The van der Waals surface area contributed by atoms with Crippen molar-refractivity contribution >= 4 is 0 Å². The molecule has 102 valence electrons. The Morgan fingerprint density at radius 2 is 1.95 bits per heavy atom. The fraction of sp³-hybridized carbons (Fsp3) is 0.462.